The van der Waals surface area contributed by atoms with Crippen LogP contribution in [0.25, 0.3) is 0 Å². The Labute approximate surface area is 121 Å². The van der Waals surface area contributed by atoms with Crippen molar-refractivity contribution in [3.05, 3.63) is 23.9 Å². The lowest BCUT2D eigenvalue weighted by atomic mass is 9.97. The number of nitrogens with one attached hydrogen (secondary N) is 1. The van der Waals surface area contributed by atoms with Gasteiger partial charge in [0.1, 0.15) is 5.82 Å². The van der Waals surface area contributed by atoms with E-state index in [0.29, 0.717) is 30.9 Å². The molecular formula is C14H18F3N3O. The first-order chi connectivity index (χ1) is 9.91. The van der Waals surface area contributed by atoms with E-state index in [1.54, 1.807) is 12.1 Å². The second kappa shape index (κ2) is 6.32. The number of piperidine rings is 1. The summed E-state index contributed by atoms with van der Waals surface area (Å²) in [7, 11) is 0. The number of hydrogen-bond acceptors (Lipinski definition) is 3. The molecule has 1 fully saturated rings. The zero-order valence-corrected chi connectivity index (χ0v) is 11.8. The molecule has 1 aliphatic rings. The molecule has 1 aliphatic heterocycles. The quantitative estimate of drug-likeness (QED) is 0.933. The Balaban J connectivity index is 2.05. The number of pyridine rings is 1. The van der Waals surface area contributed by atoms with E-state index in [9.17, 15) is 18.0 Å². The molecule has 1 N–H and O–H groups in total. The van der Waals surface area contributed by atoms with Gasteiger partial charge in [-0.05, 0) is 31.9 Å². The van der Waals surface area contributed by atoms with Crippen LogP contribution in [0.5, 0.6) is 0 Å². The molecule has 0 bridgehead atoms. The predicted molar refractivity (Wildman–Crippen MR) is 73.1 cm³/mol. The van der Waals surface area contributed by atoms with Crippen molar-refractivity contribution >= 4 is 11.7 Å². The van der Waals surface area contributed by atoms with E-state index >= 15 is 0 Å². The fourth-order valence-corrected chi connectivity index (χ4v) is 2.42. The summed E-state index contributed by atoms with van der Waals surface area (Å²) in [5.41, 5.74) is 0.319. The minimum Gasteiger partial charge on any atom is -0.370 e. The highest BCUT2D eigenvalue weighted by molar-refractivity contribution is 5.94. The predicted octanol–water partition coefficient (Wildman–Crippen LogP) is 2.93. The first-order valence-corrected chi connectivity index (χ1v) is 6.97. The Morgan fingerprint density at radius 1 is 1.48 bits per heavy atom. The molecule has 0 radical (unpaired) electrons. The molecule has 0 saturated carbocycles. The van der Waals surface area contributed by atoms with Crippen LogP contribution in [0.15, 0.2) is 18.3 Å². The smallest absolute Gasteiger partial charge is 0.370 e. The minimum atomic E-state index is -4.24. The van der Waals surface area contributed by atoms with Gasteiger partial charge in [-0.25, -0.2) is 4.98 Å². The average Bonchev–Trinajstić information content (AvgIpc) is 2.47. The molecule has 7 heteroatoms. The topological polar surface area (TPSA) is 45.2 Å². The van der Waals surface area contributed by atoms with Gasteiger partial charge in [0.2, 0.25) is 0 Å². The highest BCUT2D eigenvalue weighted by Crippen LogP contribution is 2.33. The maximum absolute atomic E-state index is 12.8. The largest absolute Gasteiger partial charge is 0.393 e. The number of halogens is 3. The lowest BCUT2D eigenvalue weighted by Gasteiger charge is -2.33. The molecule has 0 aromatic carbocycles. The molecule has 2 heterocycles. The van der Waals surface area contributed by atoms with Crippen molar-refractivity contribution < 1.29 is 18.0 Å². The van der Waals surface area contributed by atoms with Gasteiger partial charge in [0.25, 0.3) is 5.91 Å². The summed E-state index contributed by atoms with van der Waals surface area (Å²) in [4.78, 5) is 17.6. The summed E-state index contributed by atoms with van der Waals surface area (Å²) in [6.07, 6.45) is -2.38. The van der Waals surface area contributed by atoms with Crippen molar-refractivity contribution in [2.75, 3.05) is 25.0 Å². The van der Waals surface area contributed by atoms with E-state index < -0.39 is 12.1 Å². The standard InChI is InChI=1S/C14H18F3N3O/c1-2-18-12-6-5-10(8-19-12)13(21)20-7-3-4-11(9-20)14(15,16)17/h5-6,8,11H,2-4,7,9H2,1H3,(H,18,19). The van der Waals surface area contributed by atoms with Crippen LogP contribution >= 0.6 is 0 Å². The zero-order chi connectivity index (χ0) is 15.5. The highest BCUT2D eigenvalue weighted by atomic mass is 19.4. The first kappa shape index (κ1) is 15.6. The van der Waals surface area contributed by atoms with Gasteiger partial charge in [-0.1, -0.05) is 0 Å². The number of likely N-dealkylation sites (tertiary alicyclic amines) is 1. The van der Waals surface area contributed by atoms with Crippen molar-refractivity contribution in [1.29, 1.82) is 0 Å². The molecule has 1 amide bonds. The highest BCUT2D eigenvalue weighted by Gasteiger charge is 2.42. The van der Waals surface area contributed by atoms with Gasteiger partial charge >= 0.3 is 6.18 Å². The summed E-state index contributed by atoms with van der Waals surface area (Å²) < 4.78 is 38.3. The Bertz CT molecular complexity index is 487. The van der Waals surface area contributed by atoms with Crippen molar-refractivity contribution in [1.82, 2.24) is 9.88 Å². The molecule has 116 valence electrons. The summed E-state index contributed by atoms with van der Waals surface area (Å²) in [6, 6.07) is 3.24. The van der Waals surface area contributed by atoms with Gasteiger partial charge in [-0.15, -0.1) is 0 Å². The zero-order valence-electron chi connectivity index (χ0n) is 11.8. The van der Waals surface area contributed by atoms with E-state index in [1.807, 2.05) is 6.92 Å². The average molecular weight is 301 g/mol. The fraction of sp³-hybridized carbons (Fsp3) is 0.571. The number of anilines is 1. The van der Waals surface area contributed by atoms with Gasteiger partial charge in [-0.3, -0.25) is 4.79 Å². The third kappa shape index (κ3) is 3.86. The molecule has 1 aromatic rings. The summed E-state index contributed by atoms with van der Waals surface area (Å²) in [5.74, 6) is -1.18. The normalized spacial score (nSPS) is 19.4. The summed E-state index contributed by atoms with van der Waals surface area (Å²) >= 11 is 0. The molecule has 21 heavy (non-hydrogen) atoms. The SMILES string of the molecule is CCNc1ccc(C(=O)N2CCCC(C(F)(F)F)C2)cn1. The third-order valence-electron chi connectivity index (χ3n) is 3.54. The van der Waals surface area contributed by atoms with Gasteiger partial charge in [0, 0.05) is 25.8 Å². The second-order valence-electron chi connectivity index (χ2n) is 5.09. The van der Waals surface area contributed by atoms with Crippen LogP contribution in [-0.4, -0.2) is 41.6 Å². The number of rotatable bonds is 3. The van der Waals surface area contributed by atoms with Gasteiger partial charge in [0.05, 0.1) is 11.5 Å². The number of amides is 1. The number of carbonyl (C=O) groups is 1. The molecule has 1 atom stereocenters. The fourth-order valence-electron chi connectivity index (χ4n) is 2.42. The molecule has 0 spiro atoms. The van der Waals surface area contributed by atoms with E-state index in [0.717, 1.165) is 0 Å². The Morgan fingerprint density at radius 3 is 2.81 bits per heavy atom. The number of nitrogens with zero attached hydrogens (tertiary/aromatic N) is 2. The second-order valence-corrected chi connectivity index (χ2v) is 5.09. The van der Waals surface area contributed by atoms with Crippen molar-refractivity contribution in [2.45, 2.75) is 25.9 Å². The van der Waals surface area contributed by atoms with Crippen LogP contribution < -0.4 is 5.32 Å². The van der Waals surface area contributed by atoms with Crippen molar-refractivity contribution in [3.8, 4) is 0 Å². The van der Waals surface area contributed by atoms with Crippen LogP contribution in [0.2, 0.25) is 0 Å². The van der Waals surface area contributed by atoms with Crippen LogP contribution in [0.4, 0.5) is 19.0 Å². The van der Waals surface area contributed by atoms with E-state index in [-0.39, 0.29) is 18.9 Å². The van der Waals surface area contributed by atoms with Crippen LogP contribution in [0.1, 0.15) is 30.1 Å². The van der Waals surface area contributed by atoms with E-state index in [4.69, 9.17) is 0 Å². The van der Waals surface area contributed by atoms with Crippen molar-refractivity contribution in [3.63, 3.8) is 0 Å². The van der Waals surface area contributed by atoms with Crippen LogP contribution in [0.3, 0.4) is 0 Å². The molecule has 0 aliphatic carbocycles. The molecule has 1 saturated heterocycles. The Morgan fingerprint density at radius 2 is 2.24 bits per heavy atom. The Kier molecular flexibility index (Phi) is 4.69. The molecule has 1 unspecified atom stereocenters. The number of alkyl halides is 3. The lowest BCUT2D eigenvalue weighted by molar-refractivity contribution is -0.184. The van der Waals surface area contributed by atoms with Crippen LogP contribution in [0, 0.1) is 5.92 Å². The van der Waals surface area contributed by atoms with Crippen LogP contribution in [-0.2, 0) is 0 Å². The molecule has 2 rings (SSSR count). The van der Waals surface area contributed by atoms with E-state index in [2.05, 4.69) is 10.3 Å². The Hall–Kier alpha value is -1.79. The van der Waals surface area contributed by atoms with E-state index in [1.165, 1.54) is 11.1 Å². The minimum absolute atomic E-state index is 0.0882. The third-order valence-corrected chi connectivity index (χ3v) is 3.54. The maximum atomic E-state index is 12.8. The first-order valence-electron chi connectivity index (χ1n) is 6.97. The lowest BCUT2D eigenvalue weighted by Crippen LogP contribution is -2.44. The van der Waals surface area contributed by atoms with Gasteiger partial charge in [-0.2, -0.15) is 13.2 Å². The monoisotopic (exact) mass is 301 g/mol. The molecular weight excluding hydrogens is 283 g/mol. The molecule has 1 aromatic heterocycles. The molecule has 4 nitrogen and oxygen atoms in total. The summed E-state index contributed by atoms with van der Waals surface area (Å²) in [6.45, 7) is 2.73. The van der Waals surface area contributed by atoms with Gasteiger partial charge in [0.15, 0.2) is 0 Å². The van der Waals surface area contributed by atoms with Crippen molar-refractivity contribution in [2.24, 2.45) is 5.92 Å². The van der Waals surface area contributed by atoms with Gasteiger partial charge < -0.3 is 10.2 Å². The number of carbonyl (C=O) groups excluding carboxylic acids is 1. The number of hydrogen-bond donors (Lipinski definition) is 1. The maximum Gasteiger partial charge on any atom is 0.393 e. The number of aromatic nitrogens is 1. The summed E-state index contributed by atoms with van der Waals surface area (Å²) in [5, 5.41) is 3.00.